The van der Waals surface area contributed by atoms with E-state index in [2.05, 4.69) is 4.74 Å². The van der Waals surface area contributed by atoms with Gasteiger partial charge < -0.3 is 14.9 Å². The van der Waals surface area contributed by atoms with Gasteiger partial charge in [0.15, 0.2) is 0 Å². The number of allylic oxidation sites excluding steroid dienone is 1. The van der Waals surface area contributed by atoms with E-state index in [0.717, 1.165) is 5.56 Å². The first-order valence-corrected chi connectivity index (χ1v) is 3.98. The molecule has 1 aromatic rings. The number of hydrogen-bond donors (Lipinski definition) is 2. The molecule has 1 aromatic carbocycles. The van der Waals surface area contributed by atoms with Crippen molar-refractivity contribution in [1.29, 1.82) is 0 Å². The lowest BCUT2D eigenvalue weighted by Gasteiger charge is -2.06. The molecule has 0 fully saturated rings. The summed E-state index contributed by atoms with van der Waals surface area (Å²) in [7, 11) is 0. The fourth-order valence-electron chi connectivity index (χ4n) is 0.972. The molecule has 0 saturated heterocycles. The second-order valence-electron chi connectivity index (χ2n) is 2.51. The number of benzene rings is 1. The van der Waals surface area contributed by atoms with Crippen molar-refractivity contribution >= 4 is 6.08 Å². The number of aliphatic hydroxyl groups is 2. The largest absolute Gasteiger partial charge is 0.442 e. The van der Waals surface area contributed by atoms with E-state index in [1.54, 1.807) is 12.1 Å². The highest BCUT2D eigenvalue weighted by molar-refractivity contribution is 5.50. The van der Waals surface area contributed by atoms with Crippen LogP contribution in [0, 0.1) is 0 Å². The van der Waals surface area contributed by atoms with E-state index in [-0.39, 0.29) is 0 Å². The topological polar surface area (TPSA) is 49.7 Å². The molecule has 2 N–H and O–H groups in total. The van der Waals surface area contributed by atoms with Crippen molar-refractivity contribution in [3.8, 4) is 5.75 Å². The summed E-state index contributed by atoms with van der Waals surface area (Å²) in [6.07, 6.45) is 3.87. The summed E-state index contributed by atoms with van der Waals surface area (Å²) in [5, 5.41) is 17.0. The van der Waals surface area contributed by atoms with Crippen LogP contribution in [0.2, 0.25) is 0 Å². The molecule has 1 rings (SSSR count). The van der Waals surface area contributed by atoms with Crippen LogP contribution in [0.4, 0.5) is 0 Å². The second kappa shape index (κ2) is 4.64. The summed E-state index contributed by atoms with van der Waals surface area (Å²) >= 11 is 0. The molecular formula is C10H12O3. The molecule has 0 atom stereocenters. The molecule has 3 heteroatoms. The molecule has 0 radical (unpaired) electrons. The highest BCUT2D eigenvalue weighted by atomic mass is 16.7. The Labute approximate surface area is 76.9 Å². The van der Waals surface area contributed by atoms with Gasteiger partial charge in [-0.25, -0.2) is 0 Å². The third-order valence-corrected chi connectivity index (χ3v) is 1.48. The lowest BCUT2D eigenvalue weighted by atomic mass is 10.2. The average Bonchev–Trinajstić information content (AvgIpc) is 2.08. The van der Waals surface area contributed by atoms with E-state index in [1.165, 1.54) is 0 Å². The lowest BCUT2D eigenvalue weighted by Crippen LogP contribution is -2.13. The zero-order chi connectivity index (χ0) is 9.68. The third kappa shape index (κ3) is 3.27. The summed E-state index contributed by atoms with van der Waals surface area (Å²) in [4.78, 5) is 0. The van der Waals surface area contributed by atoms with Crippen molar-refractivity contribution in [2.75, 3.05) is 0 Å². The van der Waals surface area contributed by atoms with Gasteiger partial charge in [-0.1, -0.05) is 24.3 Å². The van der Waals surface area contributed by atoms with Crippen LogP contribution in [-0.4, -0.2) is 16.7 Å². The summed E-state index contributed by atoms with van der Waals surface area (Å²) in [5.74, 6) is 0.434. The monoisotopic (exact) mass is 180 g/mol. The molecule has 0 aliphatic heterocycles. The normalized spacial score (nSPS) is 11.1. The molecule has 0 spiro atoms. The Kier molecular flexibility index (Phi) is 3.49. The Morgan fingerprint density at radius 3 is 2.31 bits per heavy atom. The van der Waals surface area contributed by atoms with Gasteiger partial charge in [0.2, 0.25) is 0 Å². The Balaban J connectivity index is 2.69. The van der Waals surface area contributed by atoms with Gasteiger partial charge in [0.25, 0.3) is 0 Å². The van der Waals surface area contributed by atoms with Gasteiger partial charge in [-0.15, -0.1) is 0 Å². The first-order valence-electron chi connectivity index (χ1n) is 3.98. The van der Waals surface area contributed by atoms with Gasteiger partial charge in [0.05, 0.1) is 0 Å². The Bertz CT molecular complexity index is 275. The van der Waals surface area contributed by atoms with E-state index in [1.807, 2.05) is 31.2 Å². The van der Waals surface area contributed by atoms with Crippen molar-refractivity contribution in [2.45, 2.75) is 13.4 Å². The summed E-state index contributed by atoms with van der Waals surface area (Å²) in [6, 6.07) is 7.01. The molecule has 3 nitrogen and oxygen atoms in total. The van der Waals surface area contributed by atoms with Gasteiger partial charge in [-0.05, 0) is 24.6 Å². The van der Waals surface area contributed by atoms with E-state index in [4.69, 9.17) is 10.2 Å². The molecule has 0 bridgehead atoms. The molecule has 0 amide bonds. The molecule has 0 aliphatic rings. The van der Waals surface area contributed by atoms with Crippen LogP contribution in [0.3, 0.4) is 0 Å². The Morgan fingerprint density at radius 1 is 1.23 bits per heavy atom. The number of ether oxygens (including phenoxy) is 1. The Morgan fingerprint density at radius 2 is 1.85 bits per heavy atom. The van der Waals surface area contributed by atoms with E-state index >= 15 is 0 Å². The molecule has 0 aliphatic carbocycles. The van der Waals surface area contributed by atoms with Crippen LogP contribution < -0.4 is 4.74 Å². The van der Waals surface area contributed by atoms with Gasteiger partial charge >= 0.3 is 6.48 Å². The summed E-state index contributed by atoms with van der Waals surface area (Å²) in [6.45, 7) is 0.176. The van der Waals surface area contributed by atoms with Crippen LogP contribution in [0.15, 0.2) is 30.3 Å². The molecule has 0 heterocycles. The first-order chi connectivity index (χ1) is 6.22. The van der Waals surface area contributed by atoms with E-state index in [9.17, 15) is 0 Å². The standard InChI is InChI=1S/C10H12O3/c1-2-3-8-4-6-9(7-5-8)13-10(11)12/h2-7,10-12H,1H3. The van der Waals surface area contributed by atoms with Crippen molar-refractivity contribution in [1.82, 2.24) is 0 Å². The van der Waals surface area contributed by atoms with Crippen LogP contribution >= 0.6 is 0 Å². The maximum absolute atomic E-state index is 8.50. The van der Waals surface area contributed by atoms with Crippen molar-refractivity contribution in [3.05, 3.63) is 35.9 Å². The van der Waals surface area contributed by atoms with Crippen LogP contribution in [0.1, 0.15) is 12.5 Å². The fourth-order valence-corrected chi connectivity index (χ4v) is 0.972. The van der Waals surface area contributed by atoms with Crippen LogP contribution in [-0.2, 0) is 0 Å². The summed E-state index contributed by atoms with van der Waals surface area (Å²) < 4.78 is 4.63. The van der Waals surface area contributed by atoms with Crippen LogP contribution in [0.5, 0.6) is 5.75 Å². The maximum atomic E-state index is 8.50. The summed E-state index contributed by atoms with van der Waals surface area (Å²) in [5.41, 5.74) is 1.04. The van der Waals surface area contributed by atoms with Crippen molar-refractivity contribution in [2.24, 2.45) is 0 Å². The van der Waals surface area contributed by atoms with E-state index < -0.39 is 6.48 Å². The zero-order valence-corrected chi connectivity index (χ0v) is 7.34. The minimum absolute atomic E-state index is 0.434. The highest BCUT2D eigenvalue weighted by Crippen LogP contribution is 2.13. The fraction of sp³-hybridized carbons (Fsp3) is 0.200. The van der Waals surface area contributed by atoms with Gasteiger partial charge in [0, 0.05) is 0 Å². The molecular weight excluding hydrogens is 168 g/mol. The molecule has 70 valence electrons. The predicted molar refractivity (Wildman–Crippen MR) is 50.0 cm³/mol. The number of hydrogen-bond acceptors (Lipinski definition) is 3. The van der Waals surface area contributed by atoms with Gasteiger partial charge in [-0.2, -0.15) is 0 Å². The number of aliphatic hydroxyl groups excluding tert-OH is 1. The van der Waals surface area contributed by atoms with Gasteiger partial charge in [-0.3, -0.25) is 0 Å². The third-order valence-electron chi connectivity index (χ3n) is 1.48. The van der Waals surface area contributed by atoms with Crippen LogP contribution in [0.25, 0.3) is 6.08 Å². The van der Waals surface area contributed by atoms with E-state index in [0.29, 0.717) is 5.75 Å². The zero-order valence-electron chi connectivity index (χ0n) is 7.34. The lowest BCUT2D eigenvalue weighted by molar-refractivity contribution is -0.179. The SMILES string of the molecule is CC=Cc1ccc(OC(O)O)cc1. The molecule has 0 unspecified atom stereocenters. The second-order valence-corrected chi connectivity index (χ2v) is 2.51. The highest BCUT2D eigenvalue weighted by Gasteiger charge is 1.98. The smallest absolute Gasteiger partial charge is 0.310 e. The van der Waals surface area contributed by atoms with Crippen molar-refractivity contribution in [3.63, 3.8) is 0 Å². The predicted octanol–water partition coefficient (Wildman–Crippen LogP) is 1.37. The molecule has 0 saturated carbocycles. The Hall–Kier alpha value is -1.32. The minimum Gasteiger partial charge on any atom is -0.442 e. The minimum atomic E-state index is -1.76. The molecule has 0 aromatic heterocycles. The van der Waals surface area contributed by atoms with Crippen molar-refractivity contribution < 1.29 is 14.9 Å². The average molecular weight is 180 g/mol. The molecule has 13 heavy (non-hydrogen) atoms. The van der Waals surface area contributed by atoms with Gasteiger partial charge in [0.1, 0.15) is 5.75 Å². The quantitative estimate of drug-likeness (QED) is 0.690. The first kappa shape index (κ1) is 9.77. The number of rotatable bonds is 3. The maximum Gasteiger partial charge on any atom is 0.310 e.